The molecule has 0 amide bonds. The number of nitro groups is 1. The molecule has 0 aromatic heterocycles. The summed E-state index contributed by atoms with van der Waals surface area (Å²) in [4.78, 5) is 10.0. The van der Waals surface area contributed by atoms with Crippen molar-refractivity contribution in [2.75, 3.05) is 13.6 Å². The molecule has 7 nitrogen and oxygen atoms in total. The van der Waals surface area contributed by atoms with Crippen LogP contribution < -0.4 is 10.0 Å². The Balaban J connectivity index is 1.98. The standard InChI is InChI=1S/C13H19N3O4S/c1-14-11(8-10-2-3-10)9-15-21(19,20)13-6-4-12(5-7-13)16(17)18/h4-7,10-11,14-15H,2-3,8-9H2,1H3/t11-/m0/s1. The summed E-state index contributed by atoms with van der Waals surface area (Å²) in [5.74, 6) is 0.700. The Bertz CT molecular complexity index is 596. The molecule has 0 spiro atoms. The minimum atomic E-state index is -3.64. The highest BCUT2D eigenvalue weighted by Gasteiger charge is 2.25. The van der Waals surface area contributed by atoms with E-state index in [1.807, 2.05) is 7.05 Å². The average molecular weight is 313 g/mol. The number of nitrogens with zero attached hydrogens (tertiary/aromatic N) is 1. The fourth-order valence-corrected chi connectivity index (χ4v) is 3.18. The van der Waals surface area contributed by atoms with Crippen LogP contribution >= 0.6 is 0 Å². The third kappa shape index (κ3) is 4.48. The van der Waals surface area contributed by atoms with Crippen molar-refractivity contribution in [1.82, 2.24) is 10.0 Å². The topological polar surface area (TPSA) is 101 Å². The van der Waals surface area contributed by atoms with Crippen molar-refractivity contribution in [3.8, 4) is 0 Å². The molecule has 1 aliphatic carbocycles. The van der Waals surface area contributed by atoms with Gasteiger partial charge in [0.05, 0.1) is 9.82 Å². The Hall–Kier alpha value is -1.51. The van der Waals surface area contributed by atoms with Gasteiger partial charge in [-0.1, -0.05) is 12.8 Å². The van der Waals surface area contributed by atoms with Gasteiger partial charge in [0.1, 0.15) is 0 Å². The van der Waals surface area contributed by atoms with Crippen molar-refractivity contribution in [2.24, 2.45) is 5.92 Å². The summed E-state index contributed by atoms with van der Waals surface area (Å²) in [6.45, 7) is 0.312. The first-order valence-electron chi connectivity index (χ1n) is 6.84. The third-order valence-corrected chi connectivity index (χ3v) is 5.04. The minimum Gasteiger partial charge on any atom is -0.316 e. The van der Waals surface area contributed by atoms with E-state index in [0.717, 1.165) is 6.42 Å². The van der Waals surface area contributed by atoms with Crippen molar-refractivity contribution in [1.29, 1.82) is 0 Å². The van der Waals surface area contributed by atoms with Gasteiger partial charge < -0.3 is 5.32 Å². The molecule has 2 N–H and O–H groups in total. The zero-order valence-electron chi connectivity index (χ0n) is 11.8. The maximum atomic E-state index is 12.1. The van der Waals surface area contributed by atoms with E-state index in [2.05, 4.69) is 10.0 Å². The lowest BCUT2D eigenvalue weighted by Gasteiger charge is -2.16. The molecule has 0 aliphatic heterocycles. The Morgan fingerprint density at radius 2 is 1.95 bits per heavy atom. The van der Waals surface area contributed by atoms with Crippen LogP contribution in [0.1, 0.15) is 19.3 Å². The molecule has 0 heterocycles. The average Bonchev–Trinajstić information content (AvgIpc) is 3.27. The first kappa shape index (κ1) is 15.9. The Morgan fingerprint density at radius 1 is 1.33 bits per heavy atom. The highest BCUT2D eigenvalue weighted by atomic mass is 32.2. The summed E-state index contributed by atoms with van der Waals surface area (Å²) in [6.07, 6.45) is 3.39. The van der Waals surface area contributed by atoms with E-state index in [1.54, 1.807) is 0 Å². The van der Waals surface area contributed by atoms with Crippen LogP contribution in [-0.2, 0) is 10.0 Å². The van der Waals surface area contributed by atoms with Gasteiger partial charge in [0, 0.05) is 24.7 Å². The largest absolute Gasteiger partial charge is 0.316 e. The molecule has 1 fully saturated rings. The Morgan fingerprint density at radius 3 is 2.43 bits per heavy atom. The molecule has 1 aromatic carbocycles. The van der Waals surface area contributed by atoms with Crippen LogP contribution in [0.3, 0.4) is 0 Å². The number of nitro benzene ring substituents is 1. The van der Waals surface area contributed by atoms with Crippen LogP contribution in [0.2, 0.25) is 0 Å². The molecular formula is C13H19N3O4S. The van der Waals surface area contributed by atoms with E-state index >= 15 is 0 Å². The second-order valence-corrected chi connectivity index (χ2v) is 7.03. The van der Waals surface area contributed by atoms with E-state index in [-0.39, 0.29) is 16.6 Å². The lowest BCUT2D eigenvalue weighted by atomic mass is 10.1. The SMILES string of the molecule is CN[C@H](CNS(=O)(=O)c1ccc([N+](=O)[O-])cc1)CC1CC1. The monoisotopic (exact) mass is 313 g/mol. The highest BCUT2D eigenvalue weighted by Crippen LogP contribution is 2.33. The van der Waals surface area contributed by atoms with E-state index < -0.39 is 14.9 Å². The molecule has 0 radical (unpaired) electrons. The van der Waals surface area contributed by atoms with Crippen LogP contribution in [-0.4, -0.2) is 33.0 Å². The number of hydrogen-bond acceptors (Lipinski definition) is 5. The van der Waals surface area contributed by atoms with Gasteiger partial charge in [-0.25, -0.2) is 13.1 Å². The van der Waals surface area contributed by atoms with Crippen molar-refractivity contribution in [2.45, 2.75) is 30.2 Å². The van der Waals surface area contributed by atoms with Crippen molar-refractivity contribution in [3.63, 3.8) is 0 Å². The third-order valence-electron chi connectivity index (χ3n) is 3.60. The molecule has 21 heavy (non-hydrogen) atoms. The fraction of sp³-hybridized carbons (Fsp3) is 0.538. The van der Waals surface area contributed by atoms with Gasteiger partial charge in [0.2, 0.25) is 10.0 Å². The van der Waals surface area contributed by atoms with Crippen molar-refractivity contribution >= 4 is 15.7 Å². The van der Waals surface area contributed by atoms with Gasteiger partial charge in [-0.15, -0.1) is 0 Å². The quantitative estimate of drug-likeness (QED) is 0.556. The molecular weight excluding hydrogens is 294 g/mol. The molecule has 0 unspecified atom stereocenters. The molecule has 0 saturated heterocycles. The van der Waals surface area contributed by atoms with Crippen LogP contribution in [0.5, 0.6) is 0 Å². The highest BCUT2D eigenvalue weighted by molar-refractivity contribution is 7.89. The van der Waals surface area contributed by atoms with Gasteiger partial charge in [-0.2, -0.15) is 0 Å². The van der Waals surface area contributed by atoms with E-state index in [1.165, 1.54) is 37.1 Å². The summed E-state index contributed by atoms with van der Waals surface area (Å²) in [6, 6.07) is 4.97. The molecule has 1 aliphatic rings. The number of hydrogen-bond donors (Lipinski definition) is 2. The van der Waals surface area contributed by atoms with E-state index in [9.17, 15) is 18.5 Å². The maximum Gasteiger partial charge on any atom is 0.269 e. The first-order valence-corrected chi connectivity index (χ1v) is 8.32. The summed E-state index contributed by atoms with van der Waals surface area (Å²) in [5, 5.41) is 13.7. The van der Waals surface area contributed by atoms with Gasteiger partial charge >= 0.3 is 0 Å². The van der Waals surface area contributed by atoms with Gasteiger partial charge in [-0.05, 0) is 31.5 Å². The predicted octanol–water partition coefficient (Wildman–Crippen LogP) is 1.26. The molecule has 1 saturated carbocycles. The smallest absolute Gasteiger partial charge is 0.269 e. The van der Waals surface area contributed by atoms with Crippen LogP contribution in [0, 0.1) is 16.0 Å². The number of non-ortho nitro benzene ring substituents is 1. The van der Waals surface area contributed by atoms with Gasteiger partial charge in [-0.3, -0.25) is 10.1 Å². The second kappa shape index (κ2) is 6.50. The van der Waals surface area contributed by atoms with Crippen molar-refractivity contribution < 1.29 is 13.3 Å². The van der Waals surface area contributed by atoms with Gasteiger partial charge in [0.25, 0.3) is 5.69 Å². The van der Waals surface area contributed by atoms with Gasteiger partial charge in [0.15, 0.2) is 0 Å². The van der Waals surface area contributed by atoms with Crippen molar-refractivity contribution in [3.05, 3.63) is 34.4 Å². The fourth-order valence-electron chi connectivity index (χ4n) is 2.10. The van der Waals surface area contributed by atoms with Crippen LogP contribution in [0.15, 0.2) is 29.2 Å². The molecule has 1 atom stereocenters. The maximum absolute atomic E-state index is 12.1. The lowest BCUT2D eigenvalue weighted by Crippen LogP contribution is -2.39. The number of sulfonamides is 1. The normalized spacial score (nSPS) is 16.6. The minimum absolute atomic E-state index is 0.0365. The van der Waals surface area contributed by atoms with Crippen LogP contribution in [0.25, 0.3) is 0 Å². The summed E-state index contributed by atoms with van der Waals surface area (Å²) >= 11 is 0. The summed E-state index contributed by atoms with van der Waals surface area (Å²) in [7, 11) is -1.82. The number of likely N-dealkylation sites (N-methyl/N-ethyl adjacent to an activating group) is 1. The molecule has 0 bridgehead atoms. The first-order chi connectivity index (χ1) is 9.92. The molecule has 1 aromatic rings. The number of rotatable bonds is 8. The van der Waals surface area contributed by atoms with E-state index in [0.29, 0.717) is 12.5 Å². The number of nitrogens with one attached hydrogen (secondary N) is 2. The Labute approximate surface area is 123 Å². The summed E-state index contributed by atoms with van der Waals surface area (Å²) in [5.41, 5.74) is -0.129. The zero-order chi connectivity index (χ0) is 15.5. The molecule has 8 heteroatoms. The Kier molecular flexibility index (Phi) is 4.92. The second-order valence-electron chi connectivity index (χ2n) is 5.27. The zero-order valence-corrected chi connectivity index (χ0v) is 12.6. The summed E-state index contributed by atoms with van der Waals surface area (Å²) < 4.78 is 26.8. The predicted molar refractivity (Wildman–Crippen MR) is 78.5 cm³/mol. The molecule has 2 rings (SSSR count). The molecule has 116 valence electrons. The number of benzene rings is 1. The van der Waals surface area contributed by atoms with Crippen LogP contribution in [0.4, 0.5) is 5.69 Å². The lowest BCUT2D eigenvalue weighted by molar-refractivity contribution is -0.384. The van der Waals surface area contributed by atoms with E-state index in [4.69, 9.17) is 0 Å².